The molecule has 3 heterocycles. The highest BCUT2D eigenvalue weighted by atomic mass is 32.1. The van der Waals surface area contributed by atoms with Crippen molar-refractivity contribution in [2.75, 3.05) is 4.90 Å². The van der Waals surface area contributed by atoms with Crippen molar-refractivity contribution < 1.29 is 0 Å². The van der Waals surface area contributed by atoms with Gasteiger partial charge in [-0.05, 0) is 107 Å². The van der Waals surface area contributed by atoms with Gasteiger partial charge in [0, 0.05) is 75.6 Å². The fourth-order valence-electron chi connectivity index (χ4n) is 10.5. The van der Waals surface area contributed by atoms with Crippen molar-refractivity contribution in [3.05, 3.63) is 211 Å². The SMILES string of the molecule is CC.CC1(C)c2cc(N(c3ccccc3)c3ccccc3)ccc2-c2ccc(-n3c4ccccc4c4c5sc6c(ccc7c6c6ccccc6n7-c6ccccc6)c5ccc43)cc21. The van der Waals surface area contributed by atoms with Gasteiger partial charge in [-0.3, -0.25) is 0 Å². The van der Waals surface area contributed by atoms with Crippen LogP contribution in [0.25, 0.3) is 86.3 Å². The van der Waals surface area contributed by atoms with Crippen molar-refractivity contribution in [2.24, 2.45) is 0 Å². The molecule has 0 aliphatic heterocycles. The average Bonchev–Trinajstić information content (AvgIpc) is 4.05. The van der Waals surface area contributed by atoms with Crippen LogP contribution in [0.5, 0.6) is 0 Å². The summed E-state index contributed by atoms with van der Waals surface area (Å²) >= 11 is 1.95. The monoisotopic (exact) mass is 827 g/mol. The zero-order valence-electron chi connectivity index (χ0n) is 35.8. The van der Waals surface area contributed by atoms with Gasteiger partial charge in [0.1, 0.15) is 0 Å². The largest absolute Gasteiger partial charge is 0.310 e. The summed E-state index contributed by atoms with van der Waals surface area (Å²) in [6.07, 6.45) is 0. The Balaban J connectivity index is 0.00000208. The van der Waals surface area contributed by atoms with E-state index in [1.807, 2.05) is 25.2 Å². The number of thiophene rings is 1. The topological polar surface area (TPSA) is 13.1 Å². The minimum absolute atomic E-state index is 0.211. The summed E-state index contributed by atoms with van der Waals surface area (Å²) < 4.78 is 7.61. The molecule has 0 N–H and O–H groups in total. The van der Waals surface area contributed by atoms with Gasteiger partial charge in [-0.2, -0.15) is 0 Å². The van der Waals surface area contributed by atoms with E-state index in [0.717, 1.165) is 17.1 Å². The standard InChI is InChI=1S/C57H39N3S.C2H6/c1-57(2)47-34-39(58(36-16-6-3-7-17-36)37-18-8-4-9-19-37)26-28-41(47)42-29-27-40(35-48(42)57)60-50-25-15-13-23-46(50)54-52(60)33-31-44-43-30-32-51-53(55(43)61-56(44)54)45-22-12-14-24-49(45)59(51)38-20-10-5-11-21-38;1-2/h3-35H,1-2H3;1-2H3. The van der Waals surface area contributed by atoms with E-state index in [4.69, 9.17) is 0 Å². The molecule has 63 heavy (non-hydrogen) atoms. The molecule has 0 atom stereocenters. The molecule has 0 unspecified atom stereocenters. The zero-order chi connectivity index (χ0) is 42.4. The van der Waals surface area contributed by atoms with Crippen molar-refractivity contribution in [3.8, 4) is 22.5 Å². The van der Waals surface area contributed by atoms with E-state index in [-0.39, 0.29) is 5.41 Å². The molecule has 3 aromatic heterocycles. The normalized spacial score (nSPS) is 12.9. The first kappa shape index (κ1) is 37.4. The molecule has 0 fully saturated rings. The van der Waals surface area contributed by atoms with E-state index in [2.05, 4.69) is 228 Å². The van der Waals surface area contributed by atoms with Gasteiger partial charge in [-0.25, -0.2) is 0 Å². The predicted octanol–water partition coefficient (Wildman–Crippen LogP) is 17.1. The molecule has 3 nitrogen and oxygen atoms in total. The van der Waals surface area contributed by atoms with Gasteiger partial charge in [0.2, 0.25) is 0 Å². The Morgan fingerprint density at radius 2 is 0.841 bits per heavy atom. The Hall–Kier alpha value is -7.40. The van der Waals surface area contributed by atoms with Gasteiger partial charge in [-0.15, -0.1) is 11.3 Å². The molecule has 0 radical (unpaired) electrons. The van der Waals surface area contributed by atoms with Crippen LogP contribution < -0.4 is 4.90 Å². The Morgan fingerprint density at radius 1 is 0.381 bits per heavy atom. The number of benzene rings is 9. The van der Waals surface area contributed by atoms with Gasteiger partial charge in [-0.1, -0.05) is 143 Å². The summed E-state index contributed by atoms with van der Waals surface area (Å²) in [4.78, 5) is 2.37. The molecule has 0 saturated carbocycles. The summed E-state index contributed by atoms with van der Waals surface area (Å²) in [6.45, 7) is 8.78. The lowest BCUT2D eigenvalue weighted by molar-refractivity contribution is 0.660. The summed E-state index contributed by atoms with van der Waals surface area (Å²) in [7, 11) is 0. The van der Waals surface area contributed by atoms with Crippen LogP contribution in [0.4, 0.5) is 17.1 Å². The maximum absolute atomic E-state index is 2.50. The van der Waals surface area contributed by atoms with Crippen LogP contribution in [0.2, 0.25) is 0 Å². The summed E-state index contributed by atoms with van der Waals surface area (Å²) in [5, 5.41) is 7.86. The van der Waals surface area contributed by atoms with E-state index in [0.29, 0.717) is 0 Å². The van der Waals surface area contributed by atoms with E-state index < -0.39 is 0 Å². The number of para-hydroxylation sites is 5. The number of fused-ring (bicyclic) bond motifs is 14. The lowest BCUT2D eigenvalue weighted by atomic mass is 9.82. The molecule has 1 aliphatic rings. The summed E-state index contributed by atoms with van der Waals surface area (Å²) in [5.74, 6) is 0. The molecule has 1 aliphatic carbocycles. The fourth-order valence-corrected chi connectivity index (χ4v) is 11.9. The Bertz CT molecular complexity index is 3680. The highest BCUT2D eigenvalue weighted by molar-refractivity contribution is 7.27. The van der Waals surface area contributed by atoms with Crippen LogP contribution in [0.15, 0.2) is 200 Å². The molecule has 13 rings (SSSR count). The van der Waals surface area contributed by atoms with Crippen LogP contribution in [0.1, 0.15) is 38.8 Å². The molecule has 0 spiro atoms. The molecular weight excluding hydrogens is 783 g/mol. The molecule has 0 saturated heterocycles. The summed E-state index contributed by atoms with van der Waals surface area (Å²) in [6, 6.07) is 73.6. The first-order valence-corrected chi connectivity index (χ1v) is 22.9. The van der Waals surface area contributed by atoms with Gasteiger partial charge in [0.25, 0.3) is 0 Å². The molecule has 12 aromatic rings. The van der Waals surface area contributed by atoms with Crippen molar-refractivity contribution in [2.45, 2.75) is 33.1 Å². The fraction of sp³-hybridized carbons (Fsp3) is 0.0847. The molecule has 0 bridgehead atoms. The van der Waals surface area contributed by atoms with Crippen LogP contribution in [-0.2, 0) is 5.41 Å². The number of aromatic nitrogens is 2. The summed E-state index contributed by atoms with van der Waals surface area (Å²) in [5.41, 5.74) is 15.9. The van der Waals surface area contributed by atoms with Gasteiger partial charge in [0.05, 0.1) is 22.1 Å². The van der Waals surface area contributed by atoms with Crippen LogP contribution in [0.3, 0.4) is 0 Å². The predicted molar refractivity (Wildman–Crippen MR) is 272 cm³/mol. The third-order valence-corrected chi connectivity index (χ3v) is 14.5. The highest BCUT2D eigenvalue weighted by Crippen LogP contribution is 2.52. The van der Waals surface area contributed by atoms with E-state index in [1.54, 1.807) is 0 Å². The maximum Gasteiger partial charge on any atom is 0.0555 e. The van der Waals surface area contributed by atoms with Crippen molar-refractivity contribution in [1.82, 2.24) is 9.13 Å². The number of nitrogens with zero attached hydrogens (tertiary/aromatic N) is 3. The smallest absolute Gasteiger partial charge is 0.0555 e. The van der Waals surface area contributed by atoms with Crippen LogP contribution in [0, 0.1) is 0 Å². The third kappa shape index (κ3) is 5.44. The minimum Gasteiger partial charge on any atom is -0.310 e. The first-order valence-electron chi connectivity index (χ1n) is 22.1. The minimum atomic E-state index is -0.211. The second-order valence-corrected chi connectivity index (χ2v) is 17.9. The number of anilines is 3. The van der Waals surface area contributed by atoms with Gasteiger partial charge in [0.15, 0.2) is 0 Å². The van der Waals surface area contributed by atoms with E-state index in [9.17, 15) is 0 Å². The van der Waals surface area contributed by atoms with E-state index >= 15 is 0 Å². The molecule has 302 valence electrons. The van der Waals surface area contributed by atoms with Crippen LogP contribution in [-0.4, -0.2) is 9.13 Å². The van der Waals surface area contributed by atoms with Crippen molar-refractivity contribution >= 4 is 92.2 Å². The zero-order valence-corrected chi connectivity index (χ0v) is 36.6. The first-order chi connectivity index (χ1) is 31.0. The second-order valence-electron chi connectivity index (χ2n) is 16.9. The van der Waals surface area contributed by atoms with Crippen molar-refractivity contribution in [3.63, 3.8) is 0 Å². The molecule has 9 aromatic carbocycles. The Kier molecular flexibility index (Phi) is 8.50. The van der Waals surface area contributed by atoms with Crippen molar-refractivity contribution in [1.29, 1.82) is 0 Å². The van der Waals surface area contributed by atoms with Gasteiger partial charge >= 0.3 is 0 Å². The third-order valence-electron chi connectivity index (χ3n) is 13.3. The number of rotatable bonds is 5. The van der Waals surface area contributed by atoms with Gasteiger partial charge < -0.3 is 14.0 Å². The van der Waals surface area contributed by atoms with E-state index in [1.165, 1.54) is 97.4 Å². The number of hydrogen-bond acceptors (Lipinski definition) is 2. The quantitative estimate of drug-likeness (QED) is 0.168. The molecular formula is C59H45N3S. The lowest BCUT2D eigenvalue weighted by Crippen LogP contribution is -2.17. The highest BCUT2D eigenvalue weighted by Gasteiger charge is 2.37. The maximum atomic E-state index is 2.50. The Labute approximate surface area is 371 Å². The average molecular weight is 828 g/mol. The number of hydrogen-bond donors (Lipinski definition) is 0. The molecule has 0 amide bonds. The Morgan fingerprint density at radius 3 is 1.40 bits per heavy atom. The van der Waals surface area contributed by atoms with Crippen LogP contribution >= 0.6 is 11.3 Å². The second kappa shape index (κ2) is 14.3. The lowest BCUT2D eigenvalue weighted by Gasteiger charge is -2.28. The molecule has 4 heteroatoms.